The Hall–Kier alpha value is -2.54. The van der Waals surface area contributed by atoms with Crippen LogP contribution in [0.2, 0.25) is 10.0 Å². The van der Waals surface area contributed by atoms with E-state index in [9.17, 15) is 4.39 Å². The standard InChI is InChI=1S/C23H23Cl2FN2O3/c1-2-29-21-12-16(14-27-9-10-30-22-5-3-4-8-28-22)11-20(25)23(21)31-15-17-6-7-18(26)13-19(17)24/h3-8,11-13,27H,2,9-10,14-15H2,1H3. The Morgan fingerprint density at radius 1 is 1.00 bits per heavy atom. The van der Waals surface area contributed by atoms with Crippen molar-refractivity contribution in [1.29, 1.82) is 0 Å². The summed E-state index contributed by atoms with van der Waals surface area (Å²) in [7, 11) is 0. The zero-order valence-electron chi connectivity index (χ0n) is 17.0. The molecule has 3 rings (SSSR count). The van der Waals surface area contributed by atoms with Crippen LogP contribution in [0.1, 0.15) is 18.1 Å². The maximum absolute atomic E-state index is 13.2. The van der Waals surface area contributed by atoms with Gasteiger partial charge in [-0.05, 0) is 42.8 Å². The topological polar surface area (TPSA) is 52.6 Å². The first-order valence-corrected chi connectivity index (χ1v) is 10.6. The van der Waals surface area contributed by atoms with Crippen molar-refractivity contribution in [2.45, 2.75) is 20.1 Å². The van der Waals surface area contributed by atoms with Crippen molar-refractivity contribution in [3.8, 4) is 17.4 Å². The van der Waals surface area contributed by atoms with Crippen LogP contribution in [0.3, 0.4) is 0 Å². The molecule has 3 aromatic rings. The number of hydrogen-bond acceptors (Lipinski definition) is 5. The zero-order valence-corrected chi connectivity index (χ0v) is 18.5. The molecule has 0 spiro atoms. The summed E-state index contributed by atoms with van der Waals surface area (Å²) >= 11 is 12.5. The lowest BCUT2D eigenvalue weighted by atomic mass is 10.2. The van der Waals surface area contributed by atoms with Gasteiger partial charge >= 0.3 is 0 Å². The van der Waals surface area contributed by atoms with Crippen LogP contribution in [0.5, 0.6) is 17.4 Å². The third-order valence-corrected chi connectivity index (χ3v) is 4.88. The molecule has 0 aliphatic carbocycles. The molecule has 0 amide bonds. The largest absolute Gasteiger partial charge is 0.490 e. The van der Waals surface area contributed by atoms with E-state index in [1.807, 2.05) is 37.3 Å². The van der Waals surface area contributed by atoms with Crippen LogP contribution >= 0.6 is 23.2 Å². The van der Waals surface area contributed by atoms with E-state index in [1.54, 1.807) is 12.3 Å². The maximum Gasteiger partial charge on any atom is 0.213 e. The third kappa shape index (κ3) is 6.99. The molecule has 0 radical (unpaired) electrons. The summed E-state index contributed by atoms with van der Waals surface area (Å²) in [4.78, 5) is 4.11. The van der Waals surface area contributed by atoms with E-state index < -0.39 is 5.82 Å². The normalized spacial score (nSPS) is 10.7. The number of hydrogen-bond donors (Lipinski definition) is 1. The summed E-state index contributed by atoms with van der Waals surface area (Å²) in [5.41, 5.74) is 1.60. The summed E-state index contributed by atoms with van der Waals surface area (Å²) < 4.78 is 30.4. The van der Waals surface area contributed by atoms with Crippen molar-refractivity contribution in [2.24, 2.45) is 0 Å². The van der Waals surface area contributed by atoms with Gasteiger partial charge in [-0.25, -0.2) is 9.37 Å². The SMILES string of the molecule is CCOc1cc(CNCCOc2ccccn2)cc(Cl)c1OCc1ccc(F)cc1Cl. The lowest BCUT2D eigenvalue weighted by Gasteiger charge is -2.16. The van der Waals surface area contributed by atoms with Crippen molar-refractivity contribution < 1.29 is 18.6 Å². The van der Waals surface area contributed by atoms with Gasteiger partial charge in [0.1, 0.15) is 19.0 Å². The molecule has 0 bridgehead atoms. The molecular formula is C23H23Cl2FN2O3. The molecule has 0 aliphatic rings. The van der Waals surface area contributed by atoms with Gasteiger partial charge in [0.05, 0.1) is 16.7 Å². The van der Waals surface area contributed by atoms with Crippen molar-refractivity contribution in [3.63, 3.8) is 0 Å². The van der Waals surface area contributed by atoms with E-state index in [-0.39, 0.29) is 6.61 Å². The van der Waals surface area contributed by atoms with E-state index >= 15 is 0 Å². The van der Waals surface area contributed by atoms with E-state index in [0.717, 1.165) is 5.56 Å². The summed E-state index contributed by atoms with van der Waals surface area (Å²) in [5, 5.41) is 4.01. The molecule has 31 heavy (non-hydrogen) atoms. The third-order valence-electron chi connectivity index (χ3n) is 4.25. The highest BCUT2D eigenvalue weighted by atomic mass is 35.5. The molecule has 0 unspecified atom stereocenters. The number of rotatable bonds is 11. The van der Waals surface area contributed by atoms with Gasteiger partial charge in [0.15, 0.2) is 11.5 Å². The molecular weight excluding hydrogens is 442 g/mol. The van der Waals surface area contributed by atoms with Crippen molar-refractivity contribution in [3.05, 3.63) is 81.7 Å². The molecule has 0 atom stereocenters. The summed E-state index contributed by atoms with van der Waals surface area (Å²) in [6.45, 7) is 4.19. The Morgan fingerprint density at radius 2 is 1.87 bits per heavy atom. The van der Waals surface area contributed by atoms with Gasteiger partial charge in [0.25, 0.3) is 0 Å². The monoisotopic (exact) mass is 464 g/mol. The molecule has 1 heterocycles. The Bertz CT molecular complexity index is 990. The molecule has 2 aromatic carbocycles. The van der Waals surface area contributed by atoms with Gasteiger partial charge in [-0.3, -0.25) is 0 Å². The molecule has 8 heteroatoms. The minimum absolute atomic E-state index is 0.140. The fourth-order valence-electron chi connectivity index (χ4n) is 2.81. The van der Waals surface area contributed by atoms with Crippen LogP contribution in [0.4, 0.5) is 4.39 Å². The second-order valence-corrected chi connectivity index (χ2v) is 7.37. The number of nitrogens with one attached hydrogen (secondary N) is 1. The molecule has 0 saturated carbocycles. The Kier molecular flexibility index (Phi) is 8.76. The molecule has 0 fully saturated rings. The first kappa shape index (κ1) is 23.1. The minimum atomic E-state index is -0.399. The number of pyridine rings is 1. The summed E-state index contributed by atoms with van der Waals surface area (Å²) in [5.74, 6) is 1.15. The second-order valence-electron chi connectivity index (χ2n) is 6.56. The van der Waals surface area contributed by atoms with Crippen LogP contribution in [-0.4, -0.2) is 24.7 Å². The fourth-order valence-corrected chi connectivity index (χ4v) is 3.32. The summed E-state index contributed by atoms with van der Waals surface area (Å²) in [6, 6.07) is 13.4. The fraction of sp³-hybridized carbons (Fsp3) is 0.261. The number of aromatic nitrogens is 1. The molecule has 164 valence electrons. The maximum atomic E-state index is 13.2. The highest BCUT2D eigenvalue weighted by Gasteiger charge is 2.14. The van der Waals surface area contributed by atoms with Crippen LogP contribution in [0.25, 0.3) is 0 Å². The van der Waals surface area contributed by atoms with Crippen molar-refractivity contribution >= 4 is 23.2 Å². The number of benzene rings is 2. The quantitative estimate of drug-likeness (QED) is 0.370. The lowest BCUT2D eigenvalue weighted by molar-refractivity contribution is 0.269. The number of ether oxygens (including phenoxy) is 3. The van der Waals surface area contributed by atoms with Crippen LogP contribution < -0.4 is 19.5 Å². The minimum Gasteiger partial charge on any atom is -0.490 e. The van der Waals surface area contributed by atoms with E-state index in [1.165, 1.54) is 12.1 Å². The van der Waals surface area contributed by atoms with Crippen LogP contribution in [0, 0.1) is 5.82 Å². The van der Waals surface area contributed by atoms with Gasteiger partial charge in [0.2, 0.25) is 5.88 Å². The predicted molar refractivity (Wildman–Crippen MR) is 120 cm³/mol. The molecule has 0 aliphatic heterocycles. The first-order valence-electron chi connectivity index (χ1n) is 9.83. The van der Waals surface area contributed by atoms with E-state index in [4.69, 9.17) is 37.4 Å². The van der Waals surface area contributed by atoms with Gasteiger partial charge < -0.3 is 19.5 Å². The predicted octanol–water partition coefficient (Wildman–Crippen LogP) is 5.67. The van der Waals surface area contributed by atoms with Crippen molar-refractivity contribution in [1.82, 2.24) is 10.3 Å². The van der Waals surface area contributed by atoms with E-state index in [0.29, 0.717) is 59.3 Å². The number of halogens is 3. The Labute approximate surface area is 191 Å². The van der Waals surface area contributed by atoms with Gasteiger partial charge in [-0.2, -0.15) is 0 Å². The average Bonchev–Trinajstić information content (AvgIpc) is 2.75. The molecule has 1 N–H and O–H groups in total. The molecule has 1 aromatic heterocycles. The molecule has 5 nitrogen and oxygen atoms in total. The lowest BCUT2D eigenvalue weighted by Crippen LogP contribution is -2.20. The molecule has 0 saturated heterocycles. The van der Waals surface area contributed by atoms with E-state index in [2.05, 4.69) is 10.3 Å². The zero-order chi connectivity index (χ0) is 22.1. The van der Waals surface area contributed by atoms with Gasteiger partial charge in [0, 0.05) is 30.9 Å². The van der Waals surface area contributed by atoms with Crippen LogP contribution in [-0.2, 0) is 13.2 Å². The van der Waals surface area contributed by atoms with Gasteiger partial charge in [-0.15, -0.1) is 0 Å². The average molecular weight is 465 g/mol. The first-order chi connectivity index (χ1) is 15.1. The highest BCUT2D eigenvalue weighted by molar-refractivity contribution is 6.32. The van der Waals surface area contributed by atoms with Crippen molar-refractivity contribution in [2.75, 3.05) is 19.8 Å². The highest BCUT2D eigenvalue weighted by Crippen LogP contribution is 2.37. The number of nitrogens with zero attached hydrogens (tertiary/aromatic N) is 1. The second kappa shape index (κ2) is 11.7. The Balaban J connectivity index is 1.58. The smallest absolute Gasteiger partial charge is 0.213 e. The van der Waals surface area contributed by atoms with Gasteiger partial charge in [-0.1, -0.05) is 35.3 Å². The Morgan fingerprint density at radius 3 is 2.61 bits per heavy atom. The summed E-state index contributed by atoms with van der Waals surface area (Å²) in [6.07, 6.45) is 1.69. The van der Waals surface area contributed by atoms with Crippen LogP contribution in [0.15, 0.2) is 54.7 Å².